The second kappa shape index (κ2) is 10.5. The number of nitrogens with zero attached hydrogens (tertiary/aromatic N) is 4. The largest absolute Gasteiger partial charge is 0.356 e. The second-order valence-corrected chi connectivity index (χ2v) is 10.0. The maximum absolute atomic E-state index is 13.6. The minimum atomic E-state index is -0.186. The zero-order chi connectivity index (χ0) is 24.2. The zero-order valence-electron chi connectivity index (χ0n) is 19.7. The van der Waals surface area contributed by atoms with Crippen LogP contribution >= 0.6 is 24.0 Å². The van der Waals surface area contributed by atoms with E-state index in [-0.39, 0.29) is 11.5 Å². The normalized spacial score (nSPS) is 15.0. The lowest BCUT2D eigenvalue weighted by Gasteiger charge is -2.24. The first-order chi connectivity index (χ1) is 16.4. The molecule has 6 nitrogen and oxygen atoms in total. The fourth-order valence-electron chi connectivity index (χ4n) is 4.01. The highest BCUT2D eigenvalue weighted by atomic mass is 32.2. The molecule has 1 amide bonds. The van der Waals surface area contributed by atoms with Crippen molar-refractivity contribution in [2.75, 3.05) is 18.0 Å². The van der Waals surface area contributed by atoms with Gasteiger partial charge in [-0.3, -0.25) is 18.9 Å². The third-order valence-corrected chi connectivity index (χ3v) is 6.98. The van der Waals surface area contributed by atoms with Crippen LogP contribution < -0.4 is 10.5 Å². The van der Waals surface area contributed by atoms with Crippen LogP contribution in [0.25, 0.3) is 11.7 Å². The fraction of sp³-hybridized carbons (Fsp3) is 0.308. The van der Waals surface area contributed by atoms with Crippen LogP contribution in [0.15, 0.2) is 58.4 Å². The molecule has 3 aromatic rings. The van der Waals surface area contributed by atoms with Gasteiger partial charge < -0.3 is 4.90 Å². The number of rotatable bonds is 8. The van der Waals surface area contributed by atoms with Crippen LogP contribution in [0.3, 0.4) is 0 Å². The number of carbonyl (C=O) groups excluding carboxylic acids is 1. The highest BCUT2D eigenvalue weighted by Gasteiger charge is 2.33. The molecule has 0 unspecified atom stereocenters. The maximum atomic E-state index is 13.6. The number of carbonyl (C=O) groups is 1. The third kappa shape index (κ3) is 4.93. The van der Waals surface area contributed by atoms with Gasteiger partial charge in [-0.2, -0.15) is 0 Å². The molecule has 0 radical (unpaired) electrons. The second-order valence-electron chi connectivity index (χ2n) is 8.33. The van der Waals surface area contributed by atoms with E-state index in [1.165, 1.54) is 11.8 Å². The van der Waals surface area contributed by atoms with Crippen molar-refractivity contribution in [2.24, 2.45) is 0 Å². The molecule has 0 aliphatic carbocycles. The number of hydrogen-bond donors (Lipinski definition) is 0. The number of hydrogen-bond acceptors (Lipinski definition) is 6. The summed E-state index contributed by atoms with van der Waals surface area (Å²) in [6, 6.07) is 13.6. The average Bonchev–Trinajstić information content (AvgIpc) is 3.09. The Morgan fingerprint density at radius 3 is 2.44 bits per heavy atom. The summed E-state index contributed by atoms with van der Waals surface area (Å²) < 4.78 is 2.05. The third-order valence-electron chi connectivity index (χ3n) is 5.60. The molecule has 3 heterocycles. The number of thioether (sulfide) groups is 1. The molecule has 1 aliphatic heterocycles. The summed E-state index contributed by atoms with van der Waals surface area (Å²) in [5, 5.41) is 0. The van der Waals surface area contributed by atoms with Gasteiger partial charge in [0.05, 0.1) is 17.0 Å². The summed E-state index contributed by atoms with van der Waals surface area (Å²) >= 11 is 6.76. The first kappa shape index (κ1) is 24.2. The van der Waals surface area contributed by atoms with Gasteiger partial charge in [-0.1, -0.05) is 74.2 Å². The maximum Gasteiger partial charge on any atom is 0.267 e. The molecule has 2 aromatic heterocycles. The number of anilines is 1. The number of fused-ring (bicyclic) bond motifs is 1. The van der Waals surface area contributed by atoms with Gasteiger partial charge in [0.15, 0.2) is 0 Å². The Morgan fingerprint density at radius 1 is 1.06 bits per heavy atom. The van der Waals surface area contributed by atoms with Gasteiger partial charge in [0.2, 0.25) is 0 Å². The first-order valence-electron chi connectivity index (χ1n) is 11.5. The van der Waals surface area contributed by atoms with Crippen molar-refractivity contribution in [1.82, 2.24) is 14.3 Å². The summed E-state index contributed by atoms with van der Waals surface area (Å²) in [5.41, 5.74) is 2.79. The van der Waals surface area contributed by atoms with E-state index in [0.717, 1.165) is 37.1 Å². The Balaban J connectivity index is 1.81. The molecule has 0 bridgehead atoms. The molecule has 0 spiro atoms. The van der Waals surface area contributed by atoms with Crippen molar-refractivity contribution in [3.63, 3.8) is 0 Å². The van der Waals surface area contributed by atoms with Gasteiger partial charge >= 0.3 is 0 Å². The summed E-state index contributed by atoms with van der Waals surface area (Å²) in [7, 11) is 0. The lowest BCUT2D eigenvalue weighted by molar-refractivity contribution is -0.122. The minimum absolute atomic E-state index is 0.184. The Morgan fingerprint density at radius 2 is 1.76 bits per heavy atom. The van der Waals surface area contributed by atoms with Crippen molar-refractivity contribution >= 4 is 51.7 Å². The number of pyridine rings is 1. The van der Waals surface area contributed by atoms with Crippen LogP contribution in [-0.4, -0.2) is 37.6 Å². The van der Waals surface area contributed by atoms with E-state index >= 15 is 0 Å². The van der Waals surface area contributed by atoms with Crippen LogP contribution in [0, 0.1) is 6.92 Å². The fourth-order valence-corrected chi connectivity index (χ4v) is 5.25. The lowest BCUT2D eigenvalue weighted by Crippen LogP contribution is -2.31. The van der Waals surface area contributed by atoms with Crippen molar-refractivity contribution < 1.29 is 4.79 Å². The van der Waals surface area contributed by atoms with Gasteiger partial charge in [-0.25, -0.2) is 4.98 Å². The molecule has 34 heavy (non-hydrogen) atoms. The van der Waals surface area contributed by atoms with Crippen LogP contribution in [-0.2, 0) is 11.3 Å². The molecule has 1 fully saturated rings. The van der Waals surface area contributed by atoms with E-state index < -0.39 is 0 Å². The zero-order valence-corrected chi connectivity index (χ0v) is 21.3. The molecule has 0 saturated carbocycles. The number of benzene rings is 1. The molecule has 0 N–H and O–H groups in total. The Labute approximate surface area is 209 Å². The topological polar surface area (TPSA) is 57.9 Å². The molecule has 1 saturated heterocycles. The lowest BCUT2D eigenvalue weighted by atomic mass is 10.2. The van der Waals surface area contributed by atoms with Crippen molar-refractivity contribution in [3.8, 4) is 0 Å². The summed E-state index contributed by atoms with van der Waals surface area (Å²) in [6.45, 7) is 8.11. The highest BCUT2D eigenvalue weighted by molar-refractivity contribution is 8.26. The number of aromatic nitrogens is 2. The van der Waals surface area contributed by atoms with Gasteiger partial charge in [-0.05, 0) is 43.0 Å². The summed E-state index contributed by atoms with van der Waals surface area (Å²) in [5.74, 6) is 0.432. The van der Waals surface area contributed by atoms with Crippen LogP contribution in [0.1, 0.15) is 43.4 Å². The minimum Gasteiger partial charge on any atom is -0.356 e. The van der Waals surface area contributed by atoms with E-state index in [1.54, 1.807) is 21.6 Å². The van der Waals surface area contributed by atoms with E-state index in [1.807, 2.05) is 49.4 Å². The van der Waals surface area contributed by atoms with Crippen molar-refractivity contribution in [1.29, 1.82) is 0 Å². The molecule has 176 valence electrons. The molecule has 8 heteroatoms. The Kier molecular flexibility index (Phi) is 7.48. The smallest absolute Gasteiger partial charge is 0.267 e. The molecule has 1 aromatic carbocycles. The molecular formula is C26H28N4O2S2. The van der Waals surface area contributed by atoms with Crippen molar-refractivity contribution in [2.45, 2.75) is 40.2 Å². The van der Waals surface area contributed by atoms with Gasteiger partial charge in [-0.15, -0.1) is 0 Å². The highest BCUT2D eigenvalue weighted by Crippen LogP contribution is 2.34. The van der Waals surface area contributed by atoms with E-state index in [2.05, 4.69) is 18.7 Å². The average molecular weight is 493 g/mol. The summed E-state index contributed by atoms with van der Waals surface area (Å²) in [6.07, 6.45) is 5.32. The first-order valence-corrected chi connectivity index (χ1v) is 12.7. The Bertz CT molecular complexity index is 1310. The standard InChI is InChI=1S/C26H28N4O2S2/c1-4-13-28(14-5-2)23-20(24(31)29-16-18(3)11-12-22(29)27-23)15-21-25(32)30(26(33)34-21)17-19-9-7-6-8-10-19/h6-12,15-16H,4-5,13-14,17H2,1-3H3. The van der Waals surface area contributed by atoms with Crippen LogP contribution in [0.2, 0.25) is 0 Å². The number of thiocarbonyl (C=S) groups is 1. The molecular weight excluding hydrogens is 464 g/mol. The quantitative estimate of drug-likeness (QED) is 0.325. The molecule has 1 aliphatic rings. The van der Waals surface area contributed by atoms with Crippen LogP contribution in [0.4, 0.5) is 5.82 Å². The van der Waals surface area contributed by atoms with Crippen molar-refractivity contribution in [3.05, 3.63) is 80.6 Å². The number of amides is 1. The Hall–Kier alpha value is -2.97. The predicted octanol–water partition coefficient (Wildman–Crippen LogP) is 5.03. The van der Waals surface area contributed by atoms with Crippen LogP contribution in [0.5, 0.6) is 0 Å². The molecule has 4 rings (SSSR count). The van der Waals surface area contributed by atoms with E-state index in [0.29, 0.717) is 32.8 Å². The summed E-state index contributed by atoms with van der Waals surface area (Å²) in [4.78, 5) is 36.0. The van der Waals surface area contributed by atoms with Gasteiger partial charge in [0.25, 0.3) is 11.5 Å². The molecule has 0 atom stereocenters. The van der Waals surface area contributed by atoms with E-state index in [9.17, 15) is 9.59 Å². The predicted molar refractivity (Wildman–Crippen MR) is 144 cm³/mol. The SMILES string of the molecule is CCCN(CCC)c1nc2ccc(C)cn2c(=O)c1C=C1SC(=S)N(Cc2ccccc2)C1=O. The monoisotopic (exact) mass is 492 g/mol. The van der Waals surface area contributed by atoms with Gasteiger partial charge in [0.1, 0.15) is 15.8 Å². The number of aryl methyl sites for hydroxylation is 1. The van der Waals surface area contributed by atoms with Gasteiger partial charge in [0, 0.05) is 19.3 Å². The van der Waals surface area contributed by atoms with E-state index in [4.69, 9.17) is 17.2 Å².